The van der Waals surface area contributed by atoms with Crippen molar-refractivity contribution in [3.05, 3.63) is 34.9 Å². The van der Waals surface area contributed by atoms with Crippen molar-refractivity contribution >= 4 is 0 Å². The zero-order valence-electron chi connectivity index (χ0n) is 11.3. The number of rotatable bonds is 2. The smallest absolute Gasteiger partial charge is 0.0129 e. The van der Waals surface area contributed by atoms with Crippen molar-refractivity contribution in [3.63, 3.8) is 0 Å². The molecule has 0 saturated heterocycles. The van der Waals surface area contributed by atoms with Crippen LogP contribution in [0.15, 0.2) is 18.2 Å². The Morgan fingerprint density at radius 1 is 1.12 bits per heavy atom. The Hall–Kier alpha value is -0.780. The summed E-state index contributed by atoms with van der Waals surface area (Å²) in [5.41, 5.74) is 5.10. The van der Waals surface area contributed by atoms with Gasteiger partial charge in [0.25, 0.3) is 0 Å². The van der Waals surface area contributed by atoms with Crippen molar-refractivity contribution in [3.8, 4) is 0 Å². The van der Waals surface area contributed by atoms with Crippen LogP contribution in [0.1, 0.15) is 76.0 Å². The third-order valence-corrected chi connectivity index (χ3v) is 3.56. The highest BCUT2D eigenvalue weighted by molar-refractivity contribution is 5.45. The molecule has 16 heavy (non-hydrogen) atoms. The lowest BCUT2D eigenvalue weighted by molar-refractivity contribution is 0.579. The van der Waals surface area contributed by atoms with Crippen molar-refractivity contribution in [1.29, 1.82) is 0 Å². The van der Waals surface area contributed by atoms with Crippen LogP contribution in [-0.4, -0.2) is 0 Å². The van der Waals surface area contributed by atoms with Gasteiger partial charge in [0.15, 0.2) is 0 Å². The first-order valence-electron chi connectivity index (χ1n) is 6.54. The van der Waals surface area contributed by atoms with Crippen molar-refractivity contribution in [2.24, 2.45) is 0 Å². The van der Waals surface area contributed by atoms with E-state index in [4.69, 9.17) is 0 Å². The van der Waals surface area contributed by atoms with Gasteiger partial charge in [-0.1, -0.05) is 52.8 Å². The molecule has 0 radical (unpaired) electrons. The molecule has 1 aliphatic carbocycles. The lowest BCUT2D eigenvalue weighted by atomic mass is 9.79. The van der Waals surface area contributed by atoms with E-state index in [2.05, 4.69) is 52.8 Å². The highest BCUT2D eigenvalue weighted by Gasteiger charge is 2.32. The molecule has 1 saturated carbocycles. The van der Waals surface area contributed by atoms with Crippen molar-refractivity contribution in [1.82, 2.24) is 0 Å². The molecule has 0 nitrogen and oxygen atoms in total. The Balaban J connectivity index is 2.56. The normalized spacial score (nSPS) is 16.9. The predicted molar refractivity (Wildman–Crippen MR) is 71.2 cm³/mol. The van der Waals surface area contributed by atoms with E-state index in [1.54, 1.807) is 16.7 Å². The Bertz CT molecular complexity index is 376. The summed E-state index contributed by atoms with van der Waals surface area (Å²) in [6, 6.07) is 6.90. The molecule has 0 aromatic heterocycles. The van der Waals surface area contributed by atoms with E-state index in [1.807, 2.05) is 0 Å². The zero-order chi connectivity index (χ0) is 11.9. The minimum absolute atomic E-state index is 0.281. The van der Waals surface area contributed by atoms with Crippen LogP contribution in [0.3, 0.4) is 0 Å². The number of hydrogen-bond acceptors (Lipinski definition) is 0. The van der Waals surface area contributed by atoms with Crippen LogP contribution in [0.2, 0.25) is 0 Å². The van der Waals surface area contributed by atoms with Gasteiger partial charge >= 0.3 is 0 Å². The molecule has 0 heterocycles. The molecule has 0 unspecified atom stereocenters. The van der Waals surface area contributed by atoms with Gasteiger partial charge in [-0.25, -0.2) is 0 Å². The van der Waals surface area contributed by atoms with Crippen LogP contribution in [0.4, 0.5) is 0 Å². The molecular weight excluding hydrogens is 192 g/mol. The molecule has 0 aliphatic heterocycles. The first-order valence-corrected chi connectivity index (χ1v) is 6.54. The Morgan fingerprint density at radius 3 is 2.19 bits per heavy atom. The van der Waals surface area contributed by atoms with Gasteiger partial charge < -0.3 is 0 Å². The summed E-state index contributed by atoms with van der Waals surface area (Å²) >= 11 is 0. The highest BCUT2D eigenvalue weighted by Crippen LogP contribution is 2.47. The summed E-state index contributed by atoms with van der Waals surface area (Å²) in [6.07, 6.45) is 2.79. The number of hydrogen-bond donors (Lipinski definition) is 0. The quantitative estimate of drug-likeness (QED) is 0.653. The lowest BCUT2D eigenvalue weighted by Crippen LogP contribution is -2.15. The highest BCUT2D eigenvalue weighted by atomic mass is 14.4. The Morgan fingerprint density at radius 2 is 1.75 bits per heavy atom. The average molecular weight is 216 g/mol. The van der Waals surface area contributed by atoms with E-state index in [1.165, 1.54) is 12.8 Å². The van der Waals surface area contributed by atoms with Gasteiger partial charge in [-0.3, -0.25) is 0 Å². The summed E-state index contributed by atoms with van der Waals surface area (Å²) in [6.45, 7) is 11.6. The van der Waals surface area contributed by atoms with E-state index in [9.17, 15) is 0 Å². The van der Waals surface area contributed by atoms with E-state index in [-0.39, 0.29) is 5.41 Å². The van der Waals surface area contributed by atoms with E-state index in [0.717, 1.165) is 5.92 Å². The van der Waals surface area contributed by atoms with Gasteiger partial charge in [0, 0.05) is 0 Å². The number of benzene rings is 1. The summed E-state index contributed by atoms with van der Waals surface area (Å²) in [4.78, 5) is 0. The fourth-order valence-electron chi connectivity index (χ4n) is 2.57. The molecule has 0 N–H and O–H groups in total. The van der Waals surface area contributed by atoms with E-state index < -0.39 is 0 Å². The van der Waals surface area contributed by atoms with Gasteiger partial charge in [0.2, 0.25) is 0 Å². The average Bonchev–Trinajstić information content (AvgIpc) is 2.98. The molecule has 0 bridgehead atoms. The topological polar surface area (TPSA) is 0 Å². The molecule has 0 spiro atoms. The van der Waals surface area contributed by atoms with E-state index >= 15 is 0 Å². The Kier molecular flexibility index (Phi) is 2.86. The lowest BCUT2D eigenvalue weighted by Gasteiger charge is -2.26. The second-order valence-electron chi connectivity index (χ2n) is 6.49. The van der Waals surface area contributed by atoms with Gasteiger partial charge in [-0.15, -0.1) is 0 Å². The molecule has 0 heteroatoms. The SMILES string of the molecule is CC(C)c1cccc(C(C)(C)C)c1C1CC1. The first-order chi connectivity index (χ1) is 7.41. The van der Waals surface area contributed by atoms with Crippen LogP contribution in [0.5, 0.6) is 0 Å². The van der Waals surface area contributed by atoms with Gasteiger partial charge in [0.05, 0.1) is 0 Å². The predicted octanol–water partition coefficient (Wildman–Crippen LogP) is 4.98. The summed E-state index contributed by atoms with van der Waals surface area (Å²) in [7, 11) is 0. The summed E-state index contributed by atoms with van der Waals surface area (Å²) < 4.78 is 0. The van der Waals surface area contributed by atoms with Gasteiger partial charge in [-0.05, 0) is 46.8 Å². The maximum atomic E-state index is 2.33. The standard InChI is InChI=1S/C16H24/c1-11(2)13-7-6-8-14(16(3,4)5)15(13)12-9-10-12/h6-8,11-12H,9-10H2,1-5H3. The molecule has 0 amide bonds. The molecule has 88 valence electrons. The molecule has 0 atom stereocenters. The largest absolute Gasteiger partial charge is 0.0617 e. The monoisotopic (exact) mass is 216 g/mol. The molecule has 1 aromatic rings. The third kappa shape index (κ3) is 2.16. The minimum Gasteiger partial charge on any atom is -0.0617 e. The van der Waals surface area contributed by atoms with Crippen LogP contribution >= 0.6 is 0 Å². The molecular formula is C16H24. The second kappa shape index (κ2) is 3.91. The van der Waals surface area contributed by atoms with Gasteiger partial charge in [-0.2, -0.15) is 0 Å². The van der Waals surface area contributed by atoms with Crippen LogP contribution < -0.4 is 0 Å². The van der Waals surface area contributed by atoms with E-state index in [0.29, 0.717) is 5.92 Å². The molecule has 2 rings (SSSR count). The van der Waals surface area contributed by atoms with Crippen LogP contribution in [0.25, 0.3) is 0 Å². The zero-order valence-corrected chi connectivity index (χ0v) is 11.3. The maximum Gasteiger partial charge on any atom is -0.0129 e. The van der Waals surface area contributed by atoms with Crippen molar-refractivity contribution in [2.75, 3.05) is 0 Å². The van der Waals surface area contributed by atoms with Crippen molar-refractivity contribution in [2.45, 2.75) is 64.7 Å². The fraction of sp³-hybridized carbons (Fsp3) is 0.625. The van der Waals surface area contributed by atoms with Crippen molar-refractivity contribution < 1.29 is 0 Å². The third-order valence-electron chi connectivity index (χ3n) is 3.56. The van der Waals surface area contributed by atoms with Crippen LogP contribution in [0, 0.1) is 0 Å². The molecule has 1 aromatic carbocycles. The second-order valence-corrected chi connectivity index (χ2v) is 6.49. The van der Waals surface area contributed by atoms with Crippen LogP contribution in [-0.2, 0) is 5.41 Å². The molecule has 1 aliphatic rings. The first kappa shape index (κ1) is 11.7. The molecule has 1 fully saturated rings. The Labute approximate surface area is 100 Å². The fourth-order valence-corrected chi connectivity index (χ4v) is 2.57. The summed E-state index contributed by atoms with van der Waals surface area (Å²) in [5, 5.41) is 0. The van der Waals surface area contributed by atoms with Gasteiger partial charge in [0.1, 0.15) is 0 Å². The minimum atomic E-state index is 0.281. The summed E-state index contributed by atoms with van der Waals surface area (Å²) in [5.74, 6) is 1.51. The maximum absolute atomic E-state index is 2.33.